The number of hydrogen-bond acceptors (Lipinski definition) is 1. The number of aryl methyl sites for hydroxylation is 1. The van der Waals surface area contributed by atoms with Crippen molar-refractivity contribution in [1.29, 1.82) is 0 Å². The molecule has 0 saturated carbocycles. The Bertz CT molecular complexity index is 770. The van der Waals surface area contributed by atoms with E-state index in [9.17, 15) is 0 Å². The Labute approximate surface area is 132 Å². The van der Waals surface area contributed by atoms with E-state index in [1.807, 2.05) is 12.1 Å². The number of ether oxygens (including phenoxy) is 1. The van der Waals surface area contributed by atoms with Crippen LogP contribution in [0.25, 0.3) is 10.9 Å². The van der Waals surface area contributed by atoms with Crippen LogP contribution in [0.2, 0.25) is 0 Å². The van der Waals surface area contributed by atoms with Gasteiger partial charge in [0.2, 0.25) is 0 Å². The van der Waals surface area contributed by atoms with Gasteiger partial charge in [-0.1, -0.05) is 32.0 Å². The molecule has 1 heterocycles. The van der Waals surface area contributed by atoms with E-state index in [1.54, 1.807) is 0 Å². The maximum Gasteiger partial charge on any atom is 0.119 e. The Morgan fingerprint density at radius 2 is 1.91 bits per heavy atom. The number of hydrogen-bond donors (Lipinski definition) is 0. The van der Waals surface area contributed by atoms with Crippen LogP contribution in [0.15, 0.2) is 54.7 Å². The van der Waals surface area contributed by atoms with Gasteiger partial charge < -0.3 is 9.30 Å². The Kier molecular flexibility index (Phi) is 4.19. The van der Waals surface area contributed by atoms with Gasteiger partial charge in [0, 0.05) is 11.7 Å². The first-order valence-electron chi connectivity index (χ1n) is 7.92. The molecule has 0 spiro atoms. The highest BCUT2D eigenvalue weighted by molar-refractivity contribution is 5.81. The summed E-state index contributed by atoms with van der Waals surface area (Å²) in [5.74, 6) is 1.51. The summed E-state index contributed by atoms with van der Waals surface area (Å²) in [6.45, 7) is 8.08. The number of rotatable bonds is 5. The lowest BCUT2D eigenvalue weighted by molar-refractivity contribution is 0.300. The zero-order chi connectivity index (χ0) is 15.5. The number of aromatic nitrogens is 1. The molecule has 3 aromatic rings. The monoisotopic (exact) mass is 293 g/mol. The molecule has 0 aliphatic rings. The summed E-state index contributed by atoms with van der Waals surface area (Å²) < 4.78 is 8.11. The molecular formula is C20H23NO. The fourth-order valence-electron chi connectivity index (χ4n) is 2.74. The number of benzene rings is 2. The molecule has 22 heavy (non-hydrogen) atoms. The van der Waals surface area contributed by atoms with Crippen molar-refractivity contribution in [3.8, 4) is 5.75 Å². The molecule has 0 aliphatic carbocycles. The normalized spacial score (nSPS) is 11.3. The minimum atomic E-state index is 0.567. The molecule has 0 bridgehead atoms. The van der Waals surface area contributed by atoms with Crippen LogP contribution in [0, 0.1) is 6.92 Å². The first-order valence-corrected chi connectivity index (χ1v) is 7.92. The molecule has 114 valence electrons. The lowest BCUT2D eigenvalue weighted by Gasteiger charge is -2.10. The predicted octanol–water partition coefficient (Wildman–Crippen LogP) is 5.15. The van der Waals surface area contributed by atoms with E-state index in [4.69, 9.17) is 4.74 Å². The van der Waals surface area contributed by atoms with Gasteiger partial charge in [0.05, 0.1) is 6.54 Å². The van der Waals surface area contributed by atoms with Crippen molar-refractivity contribution in [3.63, 3.8) is 0 Å². The van der Waals surface area contributed by atoms with Gasteiger partial charge in [-0.25, -0.2) is 0 Å². The van der Waals surface area contributed by atoms with Crippen molar-refractivity contribution in [2.24, 2.45) is 0 Å². The third-order valence-corrected chi connectivity index (χ3v) is 4.05. The average molecular weight is 293 g/mol. The van der Waals surface area contributed by atoms with Crippen LogP contribution < -0.4 is 4.74 Å². The molecule has 0 atom stereocenters. The predicted molar refractivity (Wildman–Crippen MR) is 92.7 cm³/mol. The standard InChI is InChI=1S/C20H23NO/c1-15(2)17-7-8-20-18(14-17)9-10-21(20)11-12-22-19-6-4-5-16(3)13-19/h4-10,13-15H,11-12H2,1-3H3. The molecule has 3 rings (SSSR count). The minimum absolute atomic E-state index is 0.567. The molecule has 0 aliphatic heterocycles. The topological polar surface area (TPSA) is 14.2 Å². The second kappa shape index (κ2) is 6.27. The summed E-state index contributed by atoms with van der Waals surface area (Å²) in [4.78, 5) is 0. The van der Waals surface area contributed by atoms with Crippen LogP contribution in [0.1, 0.15) is 30.9 Å². The second-order valence-electron chi connectivity index (χ2n) is 6.15. The lowest BCUT2D eigenvalue weighted by Crippen LogP contribution is -2.07. The van der Waals surface area contributed by atoms with Crippen LogP contribution in [-0.2, 0) is 6.54 Å². The summed E-state index contributed by atoms with van der Waals surface area (Å²) in [7, 11) is 0. The van der Waals surface area contributed by atoms with Gasteiger partial charge in [0.25, 0.3) is 0 Å². The van der Waals surface area contributed by atoms with Crippen molar-refractivity contribution in [2.75, 3.05) is 6.61 Å². The van der Waals surface area contributed by atoms with Crippen molar-refractivity contribution in [2.45, 2.75) is 33.2 Å². The summed E-state index contributed by atoms with van der Waals surface area (Å²) >= 11 is 0. The van der Waals surface area contributed by atoms with Crippen LogP contribution in [0.5, 0.6) is 5.75 Å². The zero-order valence-corrected chi connectivity index (χ0v) is 13.5. The second-order valence-corrected chi connectivity index (χ2v) is 6.15. The molecular weight excluding hydrogens is 270 g/mol. The highest BCUT2D eigenvalue weighted by Crippen LogP contribution is 2.22. The molecule has 0 amide bonds. The fourth-order valence-corrected chi connectivity index (χ4v) is 2.74. The van der Waals surface area contributed by atoms with E-state index in [0.29, 0.717) is 12.5 Å². The van der Waals surface area contributed by atoms with Gasteiger partial charge in [-0.05, 0) is 59.7 Å². The first kappa shape index (κ1) is 14.7. The van der Waals surface area contributed by atoms with Crippen LogP contribution >= 0.6 is 0 Å². The molecule has 2 nitrogen and oxygen atoms in total. The number of fused-ring (bicyclic) bond motifs is 1. The maximum absolute atomic E-state index is 5.85. The van der Waals surface area contributed by atoms with E-state index in [2.05, 4.69) is 67.9 Å². The summed E-state index contributed by atoms with van der Waals surface area (Å²) in [5.41, 5.74) is 3.89. The van der Waals surface area contributed by atoms with Gasteiger partial charge in [-0.15, -0.1) is 0 Å². The minimum Gasteiger partial charge on any atom is -0.492 e. The van der Waals surface area contributed by atoms with E-state index >= 15 is 0 Å². The van der Waals surface area contributed by atoms with Crippen LogP contribution in [0.3, 0.4) is 0 Å². The average Bonchev–Trinajstić information content (AvgIpc) is 2.90. The molecule has 0 N–H and O–H groups in total. The summed E-state index contributed by atoms with van der Waals surface area (Å²) in [6, 6.07) is 17.1. The molecule has 1 aromatic heterocycles. The third-order valence-electron chi connectivity index (χ3n) is 4.05. The maximum atomic E-state index is 5.85. The number of nitrogens with zero attached hydrogens (tertiary/aromatic N) is 1. The van der Waals surface area contributed by atoms with Gasteiger partial charge in [0.1, 0.15) is 12.4 Å². The molecule has 0 radical (unpaired) electrons. The Hall–Kier alpha value is -2.22. The third kappa shape index (κ3) is 3.16. The van der Waals surface area contributed by atoms with E-state index in [1.165, 1.54) is 22.0 Å². The molecule has 0 saturated heterocycles. The van der Waals surface area contributed by atoms with E-state index in [-0.39, 0.29) is 0 Å². The highest BCUT2D eigenvalue weighted by Gasteiger charge is 2.05. The van der Waals surface area contributed by atoms with E-state index in [0.717, 1.165) is 12.3 Å². The Balaban J connectivity index is 1.69. The molecule has 0 unspecified atom stereocenters. The van der Waals surface area contributed by atoms with Crippen LogP contribution in [0.4, 0.5) is 0 Å². The van der Waals surface area contributed by atoms with Crippen molar-refractivity contribution >= 4 is 10.9 Å². The van der Waals surface area contributed by atoms with E-state index < -0.39 is 0 Å². The Morgan fingerprint density at radius 3 is 2.68 bits per heavy atom. The highest BCUT2D eigenvalue weighted by atomic mass is 16.5. The largest absolute Gasteiger partial charge is 0.492 e. The van der Waals surface area contributed by atoms with Crippen molar-refractivity contribution < 1.29 is 4.74 Å². The molecule has 2 heteroatoms. The Morgan fingerprint density at radius 1 is 1.05 bits per heavy atom. The van der Waals surface area contributed by atoms with Gasteiger partial charge in [0.15, 0.2) is 0 Å². The zero-order valence-electron chi connectivity index (χ0n) is 13.5. The summed E-state index contributed by atoms with van der Waals surface area (Å²) in [6.07, 6.45) is 2.15. The quantitative estimate of drug-likeness (QED) is 0.634. The molecule has 0 fully saturated rings. The van der Waals surface area contributed by atoms with Gasteiger partial charge >= 0.3 is 0 Å². The van der Waals surface area contributed by atoms with Crippen molar-refractivity contribution in [3.05, 3.63) is 65.9 Å². The smallest absolute Gasteiger partial charge is 0.119 e. The van der Waals surface area contributed by atoms with Crippen molar-refractivity contribution in [1.82, 2.24) is 4.57 Å². The first-order chi connectivity index (χ1) is 10.6. The van der Waals surface area contributed by atoms with Gasteiger partial charge in [-0.3, -0.25) is 0 Å². The summed E-state index contributed by atoms with van der Waals surface area (Å²) in [5, 5.41) is 1.31. The fraction of sp³-hybridized carbons (Fsp3) is 0.300. The van der Waals surface area contributed by atoms with Gasteiger partial charge in [-0.2, -0.15) is 0 Å². The lowest BCUT2D eigenvalue weighted by atomic mass is 10.0. The molecule has 2 aromatic carbocycles. The SMILES string of the molecule is Cc1cccc(OCCn2ccc3cc(C(C)C)ccc32)c1. The van der Waals surface area contributed by atoms with Crippen LogP contribution in [-0.4, -0.2) is 11.2 Å².